The van der Waals surface area contributed by atoms with Crippen LogP contribution in [0.5, 0.6) is 0 Å². The summed E-state index contributed by atoms with van der Waals surface area (Å²) < 4.78 is 25.2. The van der Waals surface area contributed by atoms with Crippen LogP contribution in [0.2, 0.25) is 0 Å². The molecule has 5 aromatic carbocycles. The molecule has 0 radical (unpaired) electrons. The Labute approximate surface area is 236 Å². The van der Waals surface area contributed by atoms with Crippen molar-refractivity contribution in [3.8, 4) is 0 Å². The molecule has 1 heterocycles. The largest absolute Gasteiger partial charge is 0.330 e. The van der Waals surface area contributed by atoms with E-state index in [1.54, 1.807) is 0 Å². The van der Waals surface area contributed by atoms with Crippen molar-refractivity contribution in [3.63, 3.8) is 0 Å². The molecular formula is C35H34N3OP. The molecule has 5 aromatic rings. The minimum absolute atomic E-state index is 0.210. The van der Waals surface area contributed by atoms with Crippen LogP contribution >= 0.6 is 7.59 Å². The Morgan fingerprint density at radius 3 is 1.65 bits per heavy atom. The first-order valence-corrected chi connectivity index (χ1v) is 16.0. The normalized spacial score (nSPS) is 23.7. The van der Waals surface area contributed by atoms with Gasteiger partial charge in [-0.3, -0.25) is 4.57 Å². The number of nitrogens with zero attached hydrogens (tertiary/aromatic N) is 3. The molecule has 2 atom stereocenters. The van der Waals surface area contributed by atoms with Gasteiger partial charge in [0.2, 0.25) is 0 Å². The van der Waals surface area contributed by atoms with E-state index in [2.05, 4.69) is 94.3 Å². The van der Waals surface area contributed by atoms with E-state index in [4.69, 9.17) is 4.76 Å². The Kier molecular flexibility index (Phi) is 6.85. The summed E-state index contributed by atoms with van der Waals surface area (Å²) in [5, 5.41) is 4.89. The van der Waals surface area contributed by atoms with Crippen LogP contribution in [0.4, 0.5) is 0 Å². The number of fused-ring (bicyclic) bond motifs is 3. The summed E-state index contributed by atoms with van der Waals surface area (Å²) in [5.41, 5.74) is 3.40. The van der Waals surface area contributed by atoms with Gasteiger partial charge in [0.15, 0.2) is 0 Å². The zero-order valence-corrected chi connectivity index (χ0v) is 23.5. The van der Waals surface area contributed by atoms with E-state index >= 15 is 4.57 Å². The highest BCUT2D eigenvalue weighted by atomic mass is 31.2. The summed E-state index contributed by atoms with van der Waals surface area (Å²) in [6, 6.07) is 40.5. The quantitative estimate of drug-likeness (QED) is 0.159. The Morgan fingerprint density at radius 2 is 1.10 bits per heavy atom. The molecule has 0 N–H and O–H groups in total. The standard InChI is InChI=1S/C35H34N3OP/c39-40(36-24-27-12-2-1-3-13-27)37(25-30-18-10-16-28-14-4-6-20-32(28)30)34-22-8-9-23-35(34)38(40)26-31-19-11-17-29-15-5-7-21-33(29)31/h1-7,10-21,24,34-35H,8-9,22-23,25-26H2/b36-24+. The molecule has 200 valence electrons. The molecule has 1 aliphatic heterocycles. The van der Waals surface area contributed by atoms with Gasteiger partial charge >= 0.3 is 7.59 Å². The van der Waals surface area contributed by atoms with Crippen LogP contribution in [-0.2, 0) is 17.7 Å². The van der Waals surface area contributed by atoms with Gasteiger partial charge in [-0.15, -0.1) is 0 Å². The molecule has 1 aliphatic carbocycles. The fourth-order valence-corrected chi connectivity index (χ4v) is 9.59. The van der Waals surface area contributed by atoms with Gasteiger partial charge in [-0.25, -0.2) is 14.1 Å². The molecule has 0 amide bonds. The van der Waals surface area contributed by atoms with Crippen molar-refractivity contribution in [1.82, 2.24) is 9.34 Å². The van der Waals surface area contributed by atoms with Crippen molar-refractivity contribution in [2.24, 2.45) is 4.76 Å². The fourth-order valence-electron chi connectivity index (χ4n) is 6.76. The summed E-state index contributed by atoms with van der Waals surface area (Å²) in [5.74, 6) is 0. The maximum atomic E-state index is 15.6. The molecule has 2 aliphatic rings. The second-order valence-corrected chi connectivity index (χ2v) is 13.3. The number of benzene rings is 5. The maximum Gasteiger partial charge on any atom is 0.330 e. The second-order valence-electron chi connectivity index (χ2n) is 11.1. The van der Waals surface area contributed by atoms with E-state index in [0.717, 1.165) is 31.2 Å². The van der Waals surface area contributed by atoms with Crippen LogP contribution < -0.4 is 0 Å². The first kappa shape index (κ1) is 25.4. The zero-order valence-electron chi connectivity index (χ0n) is 22.6. The van der Waals surface area contributed by atoms with E-state index in [-0.39, 0.29) is 12.1 Å². The van der Waals surface area contributed by atoms with Crippen molar-refractivity contribution in [2.75, 3.05) is 0 Å². The third-order valence-corrected chi connectivity index (χ3v) is 11.3. The molecular weight excluding hydrogens is 509 g/mol. The Hall–Kier alpha value is -3.56. The number of hydrogen-bond acceptors (Lipinski definition) is 1. The fraction of sp³-hybridized carbons (Fsp3) is 0.229. The second kappa shape index (κ2) is 10.8. The molecule has 1 saturated carbocycles. The van der Waals surface area contributed by atoms with Crippen molar-refractivity contribution in [1.29, 1.82) is 0 Å². The van der Waals surface area contributed by atoms with Crippen molar-refractivity contribution in [3.05, 3.63) is 132 Å². The van der Waals surface area contributed by atoms with E-state index in [1.807, 2.05) is 36.5 Å². The van der Waals surface area contributed by atoms with Gasteiger partial charge in [-0.2, -0.15) is 0 Å². The molecule has 40 heavy (non-hydrogen) atoms. The third-order valence-electron chi connectivity index (χ3n) is 8.71. The predicted molar refractivity (Wildman–Crippen MR) is 167 cm³/mol. The van der Waals surface area contributed by atoms with E-state index in [0.29, 0.717) is 13.1 Å². The summed E-state index contributed by atoms with van der Waals surface area (Å²) >= 11 is 0. The Balaban J connectivity index is 1.35. The molecule has 2 unspecified atom stereocenters. The van der Waals surface area contributed by atoms with Gasteiger partial charge in [-0.1, -0.05) is 128 Å². The van der Waals surface area contributed by atoms with Crippen LogP contribution in [0.1, 0.15) is 42.4 Å². The van der Waals surface area contributed by atoms with Gasteiger partial charge < -0.3 is 0 Å². The SMILES string of the molecule is O=P1(/N=C/c2ccccc2)N(Cc2cccc3ccccc23)C2CCCCC2N1Cc1cccc2ccccc12. The van der Waals surface area contributed by atoms with Crippen molar-refractivity contribution >= 4 is 35.4 Å². The molecule has 1 saturated heterocycles. The van der Waals surface area contributed by atoms with Crippen LogP contribution in [0.3, 0.4) is 0 Å². The average Bonchev–Trinajstić information content (AvgIpc) is 3.24. The van der Waals surface area contributed by atoms with E-state index in [9.17, 15) is 0 Å². The molecule has 0 spiro atoms. The first-order valence-electron chi connectivity index (χ1n) is 14.4. The van der Waals surface area contributed by atoms with Crippen LogP contribution in [0.25, 0.3) is 21.5 Å². The van der Waals surface area contributed by atoms with Gasteiger partial charge in [-0.05, 0) is 51.1 Å². The predicted octanol–water partition coefficient (Wildman–Crippen LogP) is 8.85. The Morgan fingerprint density at radius 1 is 0.625 bits per heavy atom. The molecule has 7 rings (SSSR count). The smallest absolute Gasteiger partial charge is 0.262 e. The third kappa shape index (κ3) is 4.61. The van der Waals surface area contributed by atoms with Crippen molar-refractivity contribution in [2.45, 2.75) is 50.9 Å². The summed E-state index contributed by atoms with van der Waals surface area (Å²) in [6.45, 7) is 1.25. The Bertz CT molecular complexity index is 1620. The maximum absolute atomic E-state index is 15.6. The van der Waals surface area contributed by atoms with Gasteiger partial charge in [0, 0.05) is 31.4 Å². The summed E-state index contributed by atoms with van der Waals surface area (Å²) in [6.07, 6.45) is 6.26. The topological polar surface area (TPSA) is 35.9 Å². The molecule has 5 heteroatoms. The van der Waals surface area contributed by atoms with Gasteiger partial charge in [0.1, 0.15) is 0 Å². The average molecular weight is 544 g/mol. The number of hydrogen-bond donors (Lipinski definition) is 0. The molecule has 0 bridgehead atoms. The lowest BCUT2D eigenvalue weighted by atomic mass is 9.89. The highest BCUT2D eigenvalue weighted by Crippen LogP contribution is 2.66. The molecule has 0 aromatic heterocycles. The minimum Gasteiger partial charge on any atom is -0.262 e. The van der Waals surface area contributed by atoms with Crippen LogP contribution in [0.15, 0.2) is 120 Å². The van der Waals surface area contributed by atoms with E-state index < -0.39 is 7.59 Å². The van der Waals surface area contributed by atoms with Gasteiger partial charge in [0.05, 0.1) is 0 Å². The summed E-state index contributed by atoms with van der Waals surface area (Å²) in [4.78, 5) is 0. The number of rotatable bonds is 6. The lowest BCUT2D eigenvalue weighted by Gasteiger charge is -2.31. The van der Waals surface area contributed by atoms with Crippen LogP contribution in [0, 0.1) is 0 Å². The van der Waals surface area contributed by atoms with E-state index in [1.165, 1.54) is 32.7 Å². The summed E-state index contributed by atoms with van der Waals surface area (Å²) in [7, 11) is -3.31. The van der Waals surface area contributed by atoms with Crippen LogP contribution in [-0.4, -0.2) is 27.6 Å². The molecule has 2 fully saturated rings. The molecule has 4 nitrogen and oxygen atoms in total. The highest BCUT2D eigenvalue weighted by molar-refractivity contribution is 7.58. The first-order chi connectivity index (χ1) is 19.7. The lowest BCUT2D eigenvalue weighted by molar-refractivity contribution is 0.198. The van der Waals surface area contributed by atoms with Crippen molar-refractivity contribution < 1.29 is 4.57 Å². The lowest BCUT2D eigenvalue weighted by Crippen LogP contribution is -2.39. The van der Waals surface area contributed by atoms with Gasteiger partial charge in [0.25, 0.3) is 0 Å². The monoisotopic (exact) mass is 543 g/mol. The minimum atomic E-state index is -3.31. The zero-order chi connectivity index (χ0) is 26.9. The highest BCUT2D eigenvalue weighted by Gasteiger charge is 2.55.